The van der Waals surface area contributed by atoms with E-state index in [9.17, 15) is 86.8 Å². The van der Waals surface area contributed by atoms with Gasteiger partial charge >= 0.3 is 0 Å². The number of ether oxygens (including phenoxy) is 9. The monoisotopic (exact) mass is 828 g/mol. The Bertz CT molecular complexity index is 1270. The average Bonchev–Trinajstić information content (AvgIpc) is 3.80. The van der Waals surface area contributed by atoms with E-state index in [1.54, 1.807) is 0 Å². The van der Waals surface area contributed by atoms with E-state index in [0.29, 0.717) is 0 Å². The van der Waals surface area contributed by atoms with Gasteiger partial charge in [-0.2, -0.15) is 0 Å². The van der Waals surface area contributed by atoms with Crippen molar-refractivity contribution in [2.45, 2.75) is 127 Å². The van der Waals surface area contributed by atoms with E-state index in [2.05, 4.69) is 0 Å². The molecule has 5 fully saturated rings. The second kappa shape index (κ2) is 17.9. The van der Waals surface area contributed by atoms with Gasteiger partial charge in [-0.05, 0) is 0 Å². The van der Waals surface area contributed by atoms with Crippen molar-refractivity contribution in [1.29, 1.82) is 0 Å². The van der Waals surface area contributed by atoms with Crippen LogP contribution in [-0.4, -0.2) is 273 Å². The number of hydrogen-bond acceptors (Lipinski definition) is 26. The molecule has 0 aromatic heterocycles. The first kappa shape index (κ1) is 46.0. The molecule has 21 atom stereocenters. The molecule has 5 saturated heterocycles. The predicted octanol–water partition coefficient (Wildman–Crippen LogP) is -11.9. The lowest BCUT2D eigenvalue weighted by molar-refractivity contribution is -0.406. The van der Waals surface area contributed by atoms with Crippen LogP contribution in [0.2, 0.25) is 0 Å². The highest BCUT2D eigenvalue weighted by Crippen LogP contribution is 2.43. The maximum Gasteiger partial charge on any atom is 0.224 e. The Morgan fingerprint density at radius 1 is 0.357 bits per heavy atom. The molecule has 5 aliphatic heterocycles. The Labute approximate surface area is 316 Å². The Balaban J connectivity index is 1.47. The van der Waals surface area contributed by atoms with Crippen molar-refractivity contribution >= 4 is 0 Å². The van der Waals surface area contributed by atoms with E-state index in [0.717, 1.165) is 0 Å². The normalized spacial score (nSPS) is 52.3. The van der Waals surface area contributed by atoms with Crippen molar-refractivity contribution in [3.8, 4) is 0 Å². The van der Waals surface area contributed by atoms with Crippen LogP contribution < -0.4 is 0 Å². The maximum absolute atomic E-state index is 11.3. The molecular weight excluding hydrogens is 776 g/mol. The van der Waals surface area contributed by atoms with Crippen LogP contribution in [0.3, 0.4) is 0 Å². The van der Waals surface area contributed by atoms with Crippen molar-refractivity contribution in [2.75, 3.05) is 59.5 Å². The summed E-state index contributed by atoms with van der Waals surface area (Å²) in [5, 5.41) is 177. The van der Waals surface area contributed by atoms with Gasteiger partial charge in [0.15, 0.2) is 6.29 Å². The summed E-state index contributed by atoms with van der Waals surface area (Å²) < 4.78 is 50.6. The van der Waals surface area contributed by atoms with Gasteiger partial charge in [0.25, 0.3) is 0 Å². The Kier molecular flexibility index (Phi) is 14.7. The van der Waals surface area contributed by atoms with E-state index in [1.165, 1.54) is 0 Å². The largest absolute Gasteiger partial charge is 0.394 e. The molecular formula is C30H52O26. The summed E-state index contributed by atoms with van der Waals surface area (Å²) in [6.45, 7) is -9.51. The van der Waals surface area contributed by atoms with Crippen molar-refractivity contribution in [3.05, 3.63) is 0 Å². The van der Waals surface area contributed by atoms with Gasteiger partial charge in [-0.15, -0.1) is 0 Å². The average molecular weight is 829 g/mol. The van der Waals surface area contributed by atoms with Crippen LogP contribution in [0.25, 0.3) is 0 Å². The third-order valence-corrected chi connectivity index (χ3v) is 10.7. The quantitative estimate of drug-likeness (QED) is 0.0647. The summed E-state index contributed by atoms with van der Waals surface area (Å²) in [6, 6.07) is 0. The highest BCUT2D eigenvalue weighted by molar-refractivity contribution is 5.04. The summed E-state index contributed by atoms with van der Waals surface area (Å²) in [7, 11) is 0. The van der Waals surface area contributed by atoms with Gasteiger partial charge in [0.05, 0.1) is 33.0 Å². The molecule has 0 unspecified atom stereocenters. The van der Waals surface area contributed by atoms with E-state index in [4.69, 9.17) is 42.6 Å². The summed E-state index contributed by atoms with van der Waals surface area (Å²) in [5.41, 5.74) is 0. The van der Waals surface area contributed by atoms with Crippen LogP contribution in [0.1, 0.15) is 0 Å². The van der Waals surface area contributed by atoms with E-state index in [1.807, 2.05) is 0 Å². The molecule has 0 aromatic carbocycles. The molecule has 5 heterocycles. The van der Waals surface area contributed by atoms with Crippen molar-refractivity contribution in [3.63, 3.8) is 0 Å². The summed E-state index contributed by atoms with van der Waals surface area (Å²) in [5.74, 6) is -10.8. The fourth-order valence-electron chi connectivity index (χ4n) is 7.15. The fraction of sp³-hybridized carbons (Fsp3) is 1.00. The minimum Gasteiger partial charge on any atom is -0.394 e. The van der Waals surface area contributed by atoms with Crippen molar-refractivity contribution in [1.82, 2.24) is 0 Å². The third-order valence-electron chi connectivity index (χ3n) is 10.7. The van der Waals surface area contributed by atoms with Crippen LogP contribution in [0.4, 0.5) is 0 Å². The number of aliphatic hydroxyl groups excluding tert-OH is 17. The lowest BCUT2D eigenvalue weighted by Crippen LogP contribution is -2.63. The summed E-state index contributed by atoms with van der Waals surface area (Å²) >= 11 is 0. The molecule has 17 N–H and O–H groups in total. The standard InChI is InChI=1S/C30H52O26/c31-1-10-15(37)20(42)21(43)26(51-10)56-30(25(47)19(41)14(5-35)55-30)9-50-29(24(46)18(40)13(4-34)54-29)8-49-28(23(45)17(39)12(3-33)53-28)7-48-27(6-36)22(44)16(38)11(2-32)52-27/h10-26,31-47H,1-9H2/t10-,11+,12+,13+,14+,15+,16+,17+,18+,19-,20-,21+,22-,23-,24-,25+,26+,27+,28+,29+,30-/m0/s1. The molecule has 0 radical (unpaired) electrons. The molecule has 0 bridgehead atoms. The van der Waals surface area contributed by atoms with Crippen molar-refractivity contribution < 1.29 is 129 Å². The van der Waals surface area contributed by atoms with Gasteiger partial charge in [0.2, 0.25) is 23.1 Å². The number of aliphatic hydroxyl groups is 17. The van der Waals surface area contributed by atoms with Gasteiger partial charge in [-0.1, -0.05) is 0 Å². The Morgan fingerprint density at radius 2 is 0.679 bits per heavy atom. The smallest absolute Gasteiger partial charge is 0.224 e. The molecule has 0 aliphatic carbocycles. The molecule has 328 valence electrons. The zero-order valence-corrected chi connectivity index (χ0v) is 29.5. The molecule has 5 aliphatic rings. The minimum absolute atomic E-state index is 0.852. The predicted molar refractivity (Wildman–Crippen MR) is 167 cm³/mol. The second-order valence-electron chi connectivity index (χ2n) is 14.2. The maximum atomic E-state index is 11.3. The molecule has 0 aromatic rings. The molecule has 0 saturated carbocycles. The molecule has 26 nitrogen and oxygen atoms in total. The van der Waals surface area contributed by atoms with Crippen LogP contribution in [0, 0.1) is 0 Å². The molecule has 56 heavy (non-hydrogen) atoms. The molecule has 0 amide bonds. The zero-order chi connectivity index (χ0) is 41.5. The van der Waals surface area contributed by atoms with E-state index in [-0.39, 0.29) is 0 Å². The first-order valence-corrected chi connectivity index (χ1v) is 17.5. The first-order valence-electron chi connectivity index (χ1n) is 17.5. The topological polar surface area (TPSA) is 427 Å². The highest BCUT2D eigenvalue weighted by atomic mass is 16.8. The van der Waals surface area contributed by atoms with Gasteiger partial charge in [0, 0.05) is 0 Å². The fourth-order valence-corrected chi connectivity index (χ4v) is 7.15. The molecule has 0 spiro atoms. The summed E-state index contributed by atoms with van der Waals surface area (Å²) in [4.78, 5) is 0. The third kappa shape index (κ3) is 7.97. The van der Waals surface area contributed by atoms with Crippen LogP contribution in [-0.2, 0) is 42.6 Å². The van der Waals surface area contributed by atoms with Gasteiger partial charge < -0.3 is 129 Å². The summed E-state index contributed by atoms with van der Waals surface area (Å²) in [6.07, 6.45) is -32.5. The van der Waals surface area contributed by atoms with E-state index >= 15 is 0 Å². The van der Waals surface area contributed by atoms with Crippen LogP contribution in [0.15, 0.2) is 0 Å². The van der Waals surface area contributed by atoms with Gasteiger partial charge in [-0.3, -0.25) is 0 Å². The van der Waals surface area contributed by atoms with Gasteiger partial charge in [0.1, 0.15) is 124 Å². The first-order chi connectivity index (χ1) is 26.4. The lowest BCUT2D eigenvalue weighted by atomic mass is 9.99. The SMILES string of the molecule is OC[C@@H]1O[C@H](O[C@]2(CO[C@]3(CO[C@]4(CO[C@]5(CO)O[C@H](CO)[C@@H](O)[C@@H]5O)O[C@H](CO)[C@@H](O)[C@@H]4O)O[C@H](CO)[C@@H](O)[C@@H]3O)O[C@H](CO)[C@H](O)[C@H]2O)[C@H](O)[C@@H](O)[C@@H]1O. The Hall–Kier alpha value is -1.04. The number of rotatable bonds is 17. The van der Waals surface area contributed by atoms with Crippen LogP contribution in [0.5, 0.6) is 0 Å². The lowest BCUT2D eigenvalue weighted by Gasteiger charge is -2.45. The Morgan fingerprint density at radius 3 is 1.05 bits per heavy atom. The van der Waals surface area contributed by atoms with E-state index < -0.39 is 187 Å². The van der Waals surface area contributed by atoms with Gasteiger partial charge in [-0.25, -0.2) is 0 Å². The van der Waals surface area contributed by atoms with Crippen LogP contribution >= 0.6 is 0 Å². The molecule has 5 rings (SSSR count). The number of hydrogen-bond donors (Lipinski definition) is 17. The molecule has 26 heteroatoms. The zero-order valence-electron chi connectivity index (χ0n) is 29.5. The highest BCUT2D eigenvalue weighted by Gasteiger charge is 2.65. The minimum atomic E-state index is -2.79. The second-order valence-corrected chi connectivity index (χ2v) is 14.2. The van der Waals surface area contributed by atoms with Crippen molar-refractivity contribution in [2.24, 2.45) is 0 Å².